The molecule has 0 spiro atoms. The van der Waals surface area contributed by atoms with Crippen LogP contribution in [0.5, 0.6) is 0 Å². The number of aromatic nitrogens is 2. The Balaban J connectivity index is 2.51. The molecular formula is C12H11BrN2O. The maximum atomic E-state index is 10.8. The van der Waals surface area contributed by atoms with Crippen molar-refractivity contribution in [2.24, 2.45) is 0 Å². The minimum atomic E-state index is 0.658. The fraction of sp³-hybridized carbons (Fsp3) is 0.167. The van der Waals surface area contributed by atoms with Gasteiger partial charge in [-0.05, 0) is 30.7 Å². The van der Waals surface area contributed by atoms with Gasteiger partial charge in [-0.1, -0.05) is 22.9 Å². The molecule has 0 saturated carbocycles. The van der Waals surface area contributed by atoms with E-state index >= 15 is 0 Å². The molecule has 3 nitrogen and oxygen atoms in total. The maximum Gasteiger partial charge on any atom is 0.153 e. The average molecular weight is 279 g/mol. The van der Waals surface area contributed by atoms with E-state index in [1.807, 2.05) is 31.2 Å². The lowest BCUT2D eigenvalue weighted by molar-refractivity contribution is 0.112. The minimum Gasteiger partial charge on any atom is -0.298 e. The second kappa shape index (κ2) is 4.61. The van der Waals surface area contributed by atoms with Gasteiger partial charge >= 0.3 is 0 Å². The van der Waals surface area contributed by atoms with Gasteiger partial charge in [0.1, 0.15) is 0 Å². The van der Waals surface area contributed by atoms with Crippen molar-refractivity contribution in [2.45, 2.75) is 13.3 Å². The van der Waals surface area contributed by atoms with Crippen LogP contribution in [0.15, 0.2) is 34.9 Å². The number of hydrogen-bond acceptors (Lipinski definition) is 2. The Labute approximate surface area is 102 Å². The Hall–Kier alpha value is -1.42. The Kier molecular flexibility index (Phi) is 3.19. The third-order valence-electron chi connectivity index (χ3n) is 2.43. The molecule has 1 aromatic carbocycles. The third kappa shape index (κ3) is 1.93. The van der Waals surface area contributed by atoms with Gasteiger partial charge < -0.3 is 0 Å². The molecule has 2 aromatic rings. The van der Waals surface area contributed by atoms with E-state index < -0.39 is 0 Å². The predicted molar refractivity (Wildman–Crippen MR) is 66.0 cm³/mol. The highest BCUT2D eigenvalue weighted by Gasteiger charge is 2.09. The lowest BCUT2D eigenvalue weighted by atomic mass is 10.2. The minimum absolute atomic E-state index is 0.658. The number of rotatable bonds is 3. The summed E-state index contributed by atoms with van der Waals surface area (Å²) in [6.07, 6.45) is 3.24. The Morgan fingerprint density at radius 2 is 2.06 bits per heavy atom. The van der Waals surface area contributed by atoms with Crippen LogP contribution in [0.1, 0.15) is 23.0 Å². The van der Waals surface area contributed by atoms with Crippen LogP contribution in [0.2, 0.25) is 0 Å². The Bertz CT molecular complexity index is 502. The molecule has 0 fully saturated rings. The number of hydrogen-bond donors (Lipinski definition) is 0. The number of nitrogens with zero attached hydrogens (tertiary/aromatic N) is 2. The fourth-order valence-corrected chi connectivity index (χ4v) is 1.91. The Morgan fingerprint density at radius 3 is 2.62 bits per heavy atom. The van der Waals surface area contributed by atoms with Gasteiger partial charge in [-0.2, -0.15) is 5.10 Å². The second-order valence-corrected chi connectivity index (χ2v) is 4.32. The van der Waals surface area contributed by atoms with Crippen LogP contribution in [0, 0.1) is 0 Å². The summed E-state index contributed by atoms with van der Waals surface area (Å²) in [7, 11) is 0. The normalized spacial score (nSPS) is 10.4. The van der Waals surface area contributed by atoms with Crippen molar-refractivity contribution in [3.8, 4) is 5.69 Å². The van der Waals surface area contributed by atoms with Crippen LogP contribution in [0.4, 0.5) is 0 Å². The number of benzene rings is 1. The zero-order valence-corrected chi connectivity index (χ0v) is 10.4. The molecule has 4 heteroatoms. The van der Waals surface area contributed by atoms with Crippen molar-refractivity contribution in [3.63, 3.8) is 0 Å². The van der Waals surface area contributed by atoms with Gasteiger partial charge in [0.15, 0.2) is 6.29 Å². The highest BCUT2D eigenvalue weighted by molar-refractivity contribution is 9.10. The van der Waals surface area contributed by atoms with Gasteiger partial charge in [-0.3, -0.25) is 4.79 Å². The first-order valence-corrected chi connectivity index (χ1v) is 5.83. The van der Waals surface area contributed by atoms with Gasteiger partial charge in [0.2, 0.25) is 0 Å². The predicted octanol–water partition coefficient (Wildman–Crippen LogP) is 3.01. The van der Waals surface area contributed by atoms with Crippen molar-refractivity contribution < 1.29 is 4.79 Å². The first-order chi connectivity index (χ1) is 7.76. The number of carbonyl (C=O) groups is 1. The van der Waals surface area contributed by atoms with Gasteiger partial charge in [-0.25, -0.2) is 4.68 Å². The van der Waals surface area contributed by atoms with E-state index in [2.05, 4.69) is 21.0 Å². The van der Waals surface area contributed by atoms with Crippen molar-refractivity contribution in [2.75, 3.05) is 0 Å². The van der Waals surface area contributed by atoms with E-state index in [-0.39, 0.29) is 0 Å². The molecule has 0 aliphatic heterocycles. The summed E-state index contributed by atoms with van der Waals surface area (Å²) in [4.78, 5) is 10.8. The molecule has 1 heterocycles. The molecule has 0 N–H and O–H groups in total. The number of carbonyl (C=O) groups excluding carboxylic acids is 1. The van der Waals surface area contributed by atoms with Gasteiger partial charge in [0.25, 0.3) is 0 Å². The van der Waals surface area contributed by atoms with Crippen LogP contribution in [-0.2, 0) is 6.42 Å². The van der Waals surface area contributed by atoms with E-state index in [4.69, 9.17) is 0 Å². The lowest BCUT2D eigenvalue weighted by Crippen LogP contribution is -2.02. The Morgan fingerprint density at radius 1 is 1.38 bits per heavy atom. The van der Waals surface area contributed by atoms with Crippen molar-refractivity contribution >= 4 is 22.2 Å². The summed E-state index contributed by atoms with van der Waals surface area (Å²) >= 11 is 3.39. The van der Waals surface area contributed by atoms with Crippen LogP contribution in [-0.4, -0.2) is 16.1 Å². The molecule has 0 unspecified atom stereocenters. The lowest BCUT2D eigenvalue weighted by Gasteiger charge is -2.06. The van der Waals surface area contributed by atoms with Crippen LogP contribution in [0.25, 0.3) is 5.69 Å². The number of aldehydes is 1. The second-order valence-electron chi connectivity index (χ2n) is 3.41. The standard InChI is InChI=1S/C12H11BrN2O/c1-2-12-9(8-16)7-14-15(12)11-5-3-10(13)4-6-11/h3-8H,2H2,1H3. The van der Waals surface area contributed by atoms with Crippen molar-refractivity contribution in [1.82, 2.24) is 9.78 Å². The molecule has 16 heavy (non-hydrogen) atoms. The molecule has 0 radical (unpaired) electrons. The molecule has 0 aliphatic rings. The number of halogens is 1. The third-order valence-corrected chi connectivity index (χ3v) is 2.96. The van der Waals surface area contributed by atoms with E-state index in [0.29, 0.717) is 5.56 Å². The molecule has 0 amide bonds. The summed E-state index contributed by atoms with van der Waals surface area (Å²) in [6.45, 7) is 2.01. The molecule has 0 saturated heterocycles. The van der Waals surface area contributed by atoms with E-state index in [9.17, 15) is 4.79 Å². The van der Waals surface area contributed by atoms with Crippen LogP contribution in [0.3, 0.4) is 0 Å². The molecular weight excluding hydrogens is 268 g/mol. The van der Waals surface area contributed by atoms with Crippen LogP contribution >= 0.6 is 15.9 Å². The van der Waals surface area contributed by atoms with Crippen molar-refractivity contribution in [3.05, 3.63) is 46.2 Å². The van der Waals surface area contributed by atoms with Crippen molar-refractivity contribution in [1.29, 1.82) is 0 Å². The maximum absolute atomic E-state index is 10.8. The highest BCUT2D eigenvalue weighted by Crippen LogP contribution is 2.17. The first-order valence-electron chi connectivity index (χ1n) is 5.04. The summed E-state index contributed by atoms with van der Waals surface area (Å²) in [6, 6.07) is 7.84. The molecule has 1 aromatic heterocycles. The largest absolute Gasteiger partial charge is 0.298 e. The van der Waals surface area contributed by atoms with Crippen LogP contribution < -0.4 is 0 Å². The quantitative estimate of drug-likeness (QED) is 0.809. The average Bonchev–Trinajstić information content (AvgIpc) is 2.72. The van der Waals surface area contributed by atoms with E-state index in [1.54, 1.807) is 10.9 Å². The smallest absolute Gasteiger partial charge is 0.153 e. The topological polar surface area (TPSA) is 34.9 Å². The highest BCUT2D eigenvalue weighted by atomic mass is 79.9. The van der Waals surface area contributed by atoms with Gasteiger partial charge in [0.05, 0.1) is 23.1 Å². The van der Waals surface area contributed by atoms with E-state index in [0.717, 1.165) is 28.6 Å². The molecule has 0 bridgehead atoms. The zero-order valence-electron chi connectivity index (χ0n) is 8.85. The fourth-order valence-electron chi connectivity index (χ4n) is 1.64. The first kappa shape index (κ1) is 11.1. The molecule has 2 rings (SSSR count). The molecule has 0 aliphatic carbocycles. The molecule has 82 valence electrons. The SMILES string of the molecule is CCc1c(C=O)cnn1-c1ccc(Br)cc1. The van der Waals surface area contributed by atoms with Gasteiger partial charge in [0, 0.05) is 4.47 Å². The molecule has 0 atom stereocenters. The summed E-state index contributed by atoms with van der Waals surface area (Å²) < 4.78 is 2.83. The van der Waals surface area contributed by atoms with Gasteiger partial charge in [-0.15, -0.1) is 0 Å². The summed E-state index contributed by atoms with van der Waals surface area (Å²) in [5.41, 5.74) is 2.57. The zero-order chi connectivity index (χ0) is 11.5. The summed E-state index contributed by atoms with van der Waals surface area (Å²) in [5, 5.41) is 4.23. The monoisotopic (exact) mass is 278 g/mol. The summed E-state index contributed by atoms with van der Waals surface area (Å²) in [5.74, 6) is 0. The van der Waals surface area contributed by atoms with E-state index in [1.165, 1.54) is 0 Å².